The second kappa shape index (κ2) is 7.70. The highest BCUT2D eigenvalue weighted by molar-refractivity contribution is 7.98. The zero-order valence-corrected chi connectivity index (χ0v) is 16.1. The van der Waals surface area contributed by atoms with Gasteiger partial charge in [-0.25, -0.2) is 0 Å². The Balaban J connectivity index is 1.72. The molecule has 0 radical (unpaired) electrons. The minimum Gasteiger partial charge on any atom is -0.345 e. The minimum atomic E-state index is 0.00267. The number of hydrogen-bond acceptors (Lipinski definition) is 5. The fraction of sp³-hybridized carbons (Fsp3) is 0.263. The van der Waals surface area contributed by atoms with Gasteiger partial charge >= 0.3 is 0 Å². The summed E-state index contributed by atoms with van der Waals surface area (Å²) in [6.45, 7) is 4.16. The Hall–Kier alpha value is -2.67. The number of benzene rings is 2. The molecule has 2 aromatic carbocycles. The lowest BCUT2D eigenvalue weighted by Gasteiger charge is -2.10. The third kappa shape index (κ3) is 3.94. The van der Waals surface area contributed by atoms with Gasteiger partial charge < -0.3 is 4.90 Å². The van der Waals surface area contributed by atoms with Gasteiger partial charge in [-0.15, -0.1) is 5.10 Å². The van der Waals surface area contributed by atoms with E-state index in [0.29, 0.717) is 5.56 Å². The molecule has 0 aliphatic carbocycles. The van der Waals surface area contributed by atoms with E-state index in [1.165, 1.54) is 11.1 Å². The van der Waals surface area contributed by atoms with E-state index >= 15 is 0 Å². The summed E-state index contributed by atoms with van der Waals surface area (Å²) in [4.78, 5) is 13.5. The van der Waals surface area contributed by atoms with Crippen LogP contribution in [0.2, 0.25) is 0 Å². The SMILES string of the molecule is Cc1ccc(-n2nnnc2SCc2ccc(C(=O)N(C)C)cc2)cc1C. The molecule has 0 saturated carbocycles. The summed E-state index contributed by atoms with van der Waals surface area (Å²) in [5, 5.41) is 12.8. The number of aryl methyl sites for hydroxylation is 2. The van der Waals surface area contributed by atoms with E-state index in [2.05, 4.69) is 41.5 Å². The first-order valence-corrected chi connectivity index (χ1v) is 9.23. The van der Waals surface area contributed by atoms with Crippen LogP contribution < -0.4 is 0 Å². The van der Waals surface area contributed by atoms with Gasteiger partial charge in [0.15, 0.2) is 0 Å². The zero-order valence-electron chi connectivity index (χ0n) is 15.3. The summed E-state index contributed by atoms with van der Waals surface area (Å²) < 4.78 is 1.75. The van der Waals surface area contributed by atoms with Crippen LogP contribution in [0.25, 0.3) is 5.69 Å². The highest BCUT2D eigenvalue weighted by atomic mass is 32.2. The molecule has 0 unspecified atom stereocenters. The second-order valence-electron chi connectivity index (χ2n) is 6.33. The van der Waals surface area contributed by atoms with Gasteiger partial charge in [0.25, 0.3) is 5.91 Å². The standard InChI is InChI=1S/C19H21N5OS/c1-13-5-10-17(11-14(13)2)24-19(20-21-22-24)26-12-15-6-8-16(9-7-15)18(25)23(3)4/h5-11H,12H2,1-4H3. The van der Waals surface area contributed by atoms with Gasteiger partial charge in [-0.05, 0) is 65.2 Å². The molecule has 3 rings (SSSR count). The predicted octanol–water partition coefficient (Wildman–Crippen LogP) is 3.27. The molecule has 7 heteroatoms. The topological polar surface area (TPSA) is 63.9 Å². The van der Waals surface area contributed by atoms with Gasteiger partial charge in [0.1, 0.15) is 0 Å². The Morgan fingerprint density at radius 3 is 2.46 bits per heavy atom. The van der Waals surface area contributed by atoms with Crippen molar-refractivity contribution < 1.29 is 4.79 Å². The van der Waals surface area contributed by atoms with Gasteiger partial charge in [0, 0.05) is 25.4 Å². The summed E-state index contributed by atoms with van der Waals surface area (Å²) in [6, 6.07) is 13.8. The third-order valence-electron chi connectivity index (χ3n) is 4.15. The summed E-state index contributed by atoms with van der Waals surface area (Å²) in [5.74, 6) is 0.727. The van der Waals surface area contributed by atoms with Crippen molar-refractivity contribution in [2.45, 2.75) is 24.8 Å². The van der Waals surface area contributed by atoms with E-state index in [1.54, 1.807) is 35.4 Å². The van der Waals surface area contributed by atoms with Crippen molar-refractivity contribution in [2.75, 3.05) is 14.1 Å². The molecule has 0 N–H and O–H groups in total. The molecule has 0 aliphatic heterocycles. The largest absolute Gasteiger partial charge is 0.345 e. The molecular formula is C19H21N5OS. The van der Waals surface area contributed by atoms with Crippen LogP contribution in [0.5, 0.6) is 0 Å². The van der Waals surface area contributed by atoms with Crippen molar-refractivity contribution in [2.24, 2.45) is 0 Å². The molecule has 0 fully saturated rings. The molecule has 1 heterocycles. The lowest BCUT2D eigenvalue weighted by atomic mass is 10.1. The molecule has 3 aromatic rings. The fourth-order valence-electron chi connectivity index (χ4n) is 2.44. The van der Waals surface area contributed by atoms with Crippen LogP contribution in [0.15, 0.2) is 47.6 Å². The maximum absolute atomic E-state index is 11.9. The molecule has 1 aromatic heterocycles. The Morgan fingerprint density at radius 1 is 1.08 bits per heavy atom. The van der Waals surface area contributed by atoms with Crippen LogP contribution in [-0.4, -0.2) is 45.1 Å². The number of hydrogen-bond donors (Lipinski definition) is 0. The van der Waals surface area contributed by atoms with E-state index in [4.69, 9.17) is 0 Å². The van der Waals surface area contributed by atoms with Gasteiger partial charge in [-0.3, -0.25) is 4.79 Å². The molecule has 0 atom stereocenters. The number of thioether (sulfide) groups is 1. The molecule has 1 amide bonds. The summed E-state index contributed by atoms with van der Waals surface area (Å²) in [6.07, 6.45) is 0. The Morgan fingerprint density at radius 2 is 1.81 bits per heavy atom. The van der Waals surface area contributed by atoms with E-state index < -0.39 is 0 Å². The number of aromatic nitrogens is 4. The average molecular weight is 367 g/mol. The van der Waals surface area contributed by atoms with Crippen LogP contribution in [0, 0.1) is 13.8 Å². The molecule has 26 heavy (non-hydrogen) atoms. The van der Waals surface area contributed by atoms with Crippen LogP contribution in [-0.2, 0) is 5.75 Å². The van der Waals surface area contributed by atoms with Gasteiger partial charge in [0.2, 0.25) is 5.16 Å². The zero-order chi connectivity index (χ0) is 18.7. The van der Waals surface area contributed by atoms with E-state index in [-0.39, 0.29) is 5.91 Å². The maximum atomic E-state index is 11.9. The Bertz CT molecular complexity index is 918. The highest BCUT2D eigenvalue weighted by Gasteiger charge is 2.11. The number of tetrazole rings is 1. The van der Waals surface area contributed by atoms with Crippen LogP contribution in [0.1, 0.15) is 27.0 Å². The van der Waals surface area contributed by atoms with E-state index in [0.717, 1.165) is 22.2 Å². The minimum absolute atomic E-state index is 0.00267. The normalized spacial score (nSPS) is 10.8. The molecule has 0 spiro atoms. The summed E-state index contributed by atoms with van der Waals surface area (Å²) in [5.41, 5.74) is 5.19. The third-order valence-corrected chi connectivity index (χ3v) is 5.14. The second-order valence-corrected chi connectivity index (χ2v) is 7.27. The van der Waals surface area contributed by atoms with Crippen LogP contribution in [0.3, 0.4) is 0 Å². The van der Waals surface area contributed by atoms with Crippen molar-refractivity contribution >= 4 is 17.7 Å². The van der Waals surface area contributed by atoms with E-state index in [9.17, 15) is 4.79 Å². The number of rotatable bonds is 5. The molecule has 134 valence electrons. The average Bonchev–Trinajstić information content (AvgIpc) is 3.10. The van der Waals surface area contributed by atoms with Crippen molar-refractivity contribution in [3.8, 4) is 5.69 Å². The quantitative estimate of drug-likeness (QED) is 0.648. The number of nitrogens with zero attached hydrogens (tertiary/aromatic N) is 5. The monoisotopic (exact) mass is 367 g/mol. The van der Waals surface area contributed by atoms with Crippen molar-refractivity contribution in [1.29, 1.82) is 0 Å². The highest BCUT2D eigenvalue weighted by Crippen LogP contribution is 2.23. The first-order valence-electron chi connectivity index (χ1n) is 8.25. The van der Waals surface area contributed by atoms with Crippen LogP contribution in [0.4, 0.5) is 0 Å². The van der Waals surface area contributed by atoms with Crippen molar-refractivity contribution in [3.63, 3.8) is 0 Å². The molecule has 0 bridgehead atoms. The van der Waals surface area contributed by atoms with Crippen LogP contribution >= 0.6 is 11.8 Å². The summed E-state index contributed by atoms with van der Waals surface area (Å²) in [7, 11) is 3.50. The smallest absolute Gasteiger partial charge is 0.253 e. The maximum Gasteiger partial charge on any atom is 0.253 e. The first kappa shape index (κ1) is 18.1. The first-order chi connectivity index (χ1) is 12.5. The molecule has 0 aliphatic rings. The lowest BCUT2D eigenvalue weighted by Crippen LogP contribution is -2.21. The predicted molar refractivity (Wildman–Crippen MR) is 103 cm³/mol. The Labute approximate surface area is 157 Å². The number of amides is 1. The molecule has 6 nitrogen and oxygen atoms in total. The fourth-order valence-corrected chi connectivity index (χ4v) is 3.28. The molecule has 0 saturated heterocycles. The Kier molecular flexibility index (Phi) is 5.37. The lowest BCUT2D eigenvalue weighted by molar-refractivity contribution is 0.0827. The number of carbonyl (C=O) groups excluding carboxylic acids is 1. The summed E-state index contributed by atoms with van der Waals surface area (Å²) >= 11 is 1.56. The van der Waals surface area contributed by atoms with Crippen molar-refractivity contribution in [3.05, 3.63) is 64.7 Å². The number of carbonyl (C=O) groups is 1. The van der Waals surface area contributed by atoms with Crippen molar-refractivity contribution in [1.82, 2.24) is 25.1 Å². The van der Waals surface area contributed by atoms with Gasteiger partial charge in [-0.1, -0.05) is 30.0 Å². The molecular weight excluding hydrogens is 346 g/mol. The van der Waals surface area contributed by atoms with Gasteiger partial charge in [0.05, 0.1) is 5.69 Å². The van der Waals surface area contributed by atoms with E-state index in [1.807, 2.05) is 30.3 Å². The van der Waals surface area contributed by atoms with Gasteiger partial charge in [-0.2, -0.15) is 4.68 Å².